The number of nitrogens with zero attached hydrogens (tertiary/aromatic N) is 2. The molecule has 1 aromatic heterocycles. The van der Waals surface area contributed by atoms with Gasteiger partial charge in [0.15, 0.2) is 0 Å². The first-order valence-corrected chi connectivity index (χ1v) is 6.26. The van der Waals surface area contributed by atoms with Gasteiger partial charge in [-0.15, -0.1) is 0 Å². The van der Waals surface area contributed by atoms with Gasteiger partial charge < -0.3 is 5.11 Å². The van der Waals surface area contributed by atoms with E-state index in [2.05, 4.69) is 11.9 Å². The van der Waals surface area contributed by atoms with Crippen molar-refractivity contribution in [1.82, 2.24) is 9.55 Å². The van der Waals surface area contributed by atoms with Gasteiger partial charge in [-0.3, -0.25) is 9.36 Å². The normalized spacial score (nSPS) is 21.9. The van der Waals surface area contributed by atoms with E-state index in [0.717, 1.165) is 18.5 Å². The van der Waals surface area contributed by atoms with Crippen molar-refractivity contribution in [2.45, 2.75) is 46.1 Å². The number of aromatic nitrogens is 2. The van der Waals surface area contributed by atoms with Crippen LogP contribution in [0.3, 0.4) is 0 Å². The van der Waals surface area contributed by atoms with E-state index in [9.17, 15) is 9.59 Å². The van der Waals surface area contributed by atoms with E-state index in [0.29, 0.717) is 17.2 Å². The lowest BCUT2D eigenvalue weighted by Gasteiger charge is -2.14. The highest BCUT2D eigenvalue weighted by Crippen LogP contribution is 2.45. The summed E-state index contributed by atoms with van der Waals surface area (Å²) in [6.07, 6.45) is 1.96. The third kappa shape index (κ3) is 2.17. The number of hydrogen-bond acceptors (Lipinski definition) is 3. The average Bonchev–Trinajstić information content (AvgIpc) is 3.03. The Morgan fingerprint density at radius 3 is 2.67 bits per heavy atom. The van der Waals surface area contributed by atoms with Crippen molar-refractivity contribution in [2.75, 3.05) is 0 Å². The molecule has 98 valence electrons. The van der Waals surface area contributed by atoms with Crippen molar-refractivity contribution in [3.05, 3.63) is 27.4 Å². The third-order valence-electron chi connectivity index (χ3n) is 3.77. The molecule has 5 heteroatoms. The lowest BCUT2D eigenvalue weighted by molar-refractivity contribution is -0.136. The minimum Gasteiger partial charge on any atom is -0.481 e. The monoisotopic (exact) mass is 250 g/mol. The fourth-order valence-electron chi connectivity index (χ4n) is 2.60. The fraction of sp³-hybridized carbons (Fsp3) is 0.615. The smallest absolute Gasteiger partial charge is 0.348 e. The molecule has 1 N–H and O–H groups in total. The molecule has 0 amide bonds. The van der Waals surface area contributed by atoms with Crippen LogP contribution in [-0.4, -0.2) is 20.6 Å². The van der Waals surface area contributed by atoms with Crippen LogP contribution in [-0.2, 0) is 11.2 Å². The van der Waals surface area contributed by atoms with Gasteiger partial charge >= 0.3 is 11.7 Å². The number of carboxylic acid groups (broad SMARTS) is 1. The van der Waals surface area contributed by atoms with Crippen LogP contribution >= 0.6 is 0 Å². The molecule has 0 aliphatic heterocycles. The van der Waals surface area contributed by atoms with Crippen LogP contribution in [0.15, 0.2) is 4.79 Å². The molecule has 1 saturated carbocycles. The van der Waals surface area contributed by atoms with E-state index in [4.69, 9.17) is 5.11 Å². The van der Waals surface area contributed by atoms with E-state index in [-0.39, 0.29) is 18.2 Å². The van der Waals surface area contributed by atoms with Crippen molar-refractivity contribution in [2.24, 2.45) is 5.92 Å². The molecule has 1 aromatic rings. The molecule has 18 heavy (non-hydrogen) atoms. The minimum absolute atomic E-state index is 0.0749. The summed E-state index contributed by atoms with van der Waals surface area (Å²) in [5.74, 6) is -0.361. The second kappa shape index (κ2) is 4.55. The molecule has 0 saturated heterocycles. The van der Waals surface area contributed by atoms with E-state index < -0.39 is 5.97 Å². The number of aliphatic carboxylic acids is 1. The number of rotatable bonds is 4. The van der Waals surface area contributed by atoms with Crippen LogP contribution in [0.4, 0.5) is 0 Å². The maximum atomic E-state index is 11.9. The number of carboxylic acids is 1. The van der Waals surface area contributed by atoms with Crippen molar-refractivity contribution >= 4 is 5.97 Å². The number of hydrogen-bond donors (Lipinski definition) is 1. The van der Waals surface area contributed by atoms with Crippen LogP contribution in [0.1, 0.15) is 42.8 Å². The van der Waals surface area contributed by atoms with Crippen LogP contribution in [0.5, 0.6) is 0 Å². The van der Waals surface area contributed by atoms with Crippen LogP contribution in [0.2, 0.25) is 0 Å². The Labute approximate surface area is 105 Å². The Morgan fingerprint density at radius 1 is 1.50 bits per heavy atom. The minimum atomic E-state index is -0.893. The van der Waals surface area contributed by atoms with Gasteiger partial charge in [-0.25, -0.2) is 4.79 Å². The summed E-state index contributed by atoms with van der Waals surface area (Å²) in [5, 5.41) is 8.91. The maximum absolute atomic E-state index is 11.9. The molecule has 0 bridgehead atoms. The zero-order valence-corrected chi connectivity index (χ0v) is 10.9. The summed E-state index contributed by atoms with van der Waals surface area (Å²) in [6.45, 7) is 5.62. The van der Waals surface area contributed by atoms with Crippen LogP contribution in [0.25, 0.3) is 0 Å². The summed E-state index contributed by atoms with van der Waals surface area (Å²) < 4.78 is 1.68. The fourth-order valence-corrected chi connectivity index (χ4v) is 2.60. The highest BCUT2D eigenvalue weighted by molar-refractivity contribution is 5.70. The molecule has 1 heterocycles. The molecule has 2 unspecified atom stereocenters. The van der Waals surface area contributed by atoms with Crippen molar-refractivity contribution in [3.63, 3.8) is 0 Å². The molecule has 1 aliphatic carbocycles. The Bertz CT molecular complexity index is 548. The molecule has 2 atom stereocenters. The predicted octanol–water partition coefficient (Wildman–Crippen LogP) is 1.46. The van der Waals surface area contributed by atoms with Crippen molar-refractivity contribution in [3.8, 4) is 0 Å². The molecular weight excluding hydrogens is 232 g/mol. The molecule has 1 aliphatic rings. The highest BCUT2D eigenvalue weighted by Gasteiger charge is 2.39. The Balaban J connectivity index is 2.47. The van der Waals surface area contributed by atoms with E-state index in [1.807, 2.05) is 6.92 Å². The first-order chi connectivity index (χ1) is 8.45. The number of aryl methyl sites for hydroxylation is 1. The largest absolute Gasteiger partial charge is 0.481 e. The zero-order chi connectivity index (χ0) is 13.4. The van der Waals surface area contributed by atoms with E-state index in [1.165, 1.54) is 0 Å². The van der Waals surface area contributed by atoms with E-state index >= 15 is 0 Å². The lowest BCUT2D eigenvalue weighted by Crippen LogP contribution is -2.28. The molecule has 0 radical (unpaired) electrons. The first kappa shape index (κ1) is 12.8. The standard InChI is InChI=1S/C13H18N2O3/c1-4-9-5-11(9)15-8(3)10(6-12(16)17)7(2)14-13(15)18/h9,11H,4-6H2,1-3H3,(H,16,17). The van der Waals surface area contributed by atoms with Crippen molar-refractivity contribution < 1.29 is 9.90 Å². The van der Waals surface area contributed by atoms with Gasteiger partial charge in [-0.05, 0) is 26.2 Å². The Kier molecular flexibility index (Phi) is 3.24. The SMILES string of the molecule is CCC1CC1n1c(C)c(CC(=O)O)c(C)nc1=O. The van der Waals surface area contributed by atoms with Gasteiger partial charge in [0.2, 0.25) is 0 Å². The first-order valence-electron chi connectivity index (χ1n) is 6.26. The Hall–Kier alpha value is -1.65. The summed E-state index contributed by atoms with van der Waals surface area (Å²) in [6, 6.07) is 0.211. The summed E-state index contributed by atoms with van der Waals surface area (Å²) in [5.41, 5.74) is 1.71. The Morgan fingerprint density at radius 2 is 2.17 bits per heavy atom. The average molecular weight is 250 g/mol. The quantitative estimate of drug-likeness (QED) is 0.878. The molecule has 0 aromatic carbocycles. The van der Waals surface area contributed by atoms with Crippen molar-refractivity contribution in [1.29, 1.82) is 0 Å². The summed E-state index contributed by atoms with van der Waals surface area (Å²) in [4.78, 5) is 26.8. The second-order valence-corrected chi connectivity index (χ2v) is 4.96. The van der Waals surface area contributed by atoms with Crippen LogP contribution in [0, 0.1) is 19.8 Å². The third-order valence-corrected chi connectivity index (χ3v) is 3.77. The predicted molar refractivity (Wildman–Crippen MR) is 66.7 cm³/mol. The van der Waals surface area contributed by atoms with Gasteiger partial charge in [0.25, 0.3) is 0 Å². The topological polar surface area (TPSA) is 72.2 Å². The summed E-state index contributed by atoms with van der Waals surface area (Å²) >= 11 is 0. The molecule has 0 spiro atoms. The van der Waals surface area contributed by atoms with Gasteiger partial charge in [-0.1, -0.05) is 13.3 Å². The highest BCUT2D eigenvalue weighted by atomic mass is 16.4. The van der Waals surface area contributed by atoms with Gasteiger partial charge in [0.1, 0.15) is 0 Å². The molecular formula is C13H18N2O3. The lowest BCUT2D eigenvalue weighted by atomic mass is 10.1. The number of carbonyl (C=O) groups is 1. The van der Waals surface area contributed by atoms with Crippen LogP contribution < -0.4 is 5.69 Å². The van der Waals surface area contributed by atoms with Gasteiger partial charge in [0, 0.05) is 23.0 Å². The van der Waals surface area contributed by atoms with Gasteiger partial charge in [-0.2, -0.15) is 4.98 Å². The van der Waals surface area contributed by atoms with Gasteiger partial charge in [0.05, 0.1) is 6.42 Å². The zero-order valence-electron chi connectivity index (χ0n) is 10.9. The maximum Gasteiger partial charge on any atom is 0.348 e. The molecule has 2 rings (SSSR count). The molecule has 5 nitrogen and oxygen atoms in total. The molecule has 1 fully saturated rings. The summed E-state index contributed by atoms with van der Waals surface area (Å²) in [7, 11) is 0. The second-order valence-electron chi connectivity index (χ2n) is 4.96. The van der Waals surface area contributed by atoms with E-state index in [1.54, 1.807) is 11.5 Å².